The zero-order chi connectivity index (χ0) is 14.2. The number of hydrogen-bond donors (Lipinski definition) is 1. The van der Waals surface area contributed by atoms with E-state index in [1.807, 2.05) is 54.7 Å². The van der Waals surface area contributed by atoms with E-state index in [4.69, 9.17) is 9.72 Å². The maximum atomic E-state index is 5.27. The number of fused-ring (bicyclic) bond motifs is 3. The van der Waals surface area contributed by atoms with E-state index in [1.54, 1.807) is 7.11 Å². The number of imidazole rings is 1. The van der Waals surface area contributed by atoms with Crippen molar-refractivity contribution in [3.8, 4) is 17.1 Å². The Balaban J connectivity index is 1.96. The van der Waals surface area contributed by atoms with E-state index in [0.717, 1.165) is 39.1 Å². The molecule has 0 aliphatic rings. The molecule has 102 valence electrons. The number of hydrogen-bond acceptors (Lipinski definition) is 3. The Labute approximate surface area is 121 Å². The second-order valence-electron chi connectivity index (χ2n) is 4.85. The average molecular weight is 275 g/mol. The van der Waals surface area contributed by atoms with Gasteiger partial charge in [-0.25, -0.2) is 4.98 Å². The third-order valence-corrected chi connectivity index (χ3v) is 3.57. The SMILES string of the molecule is COc1cccc(-c2nc3c(cnc4ccccc43)[nH]2)c1. The summed E-state index contributed by atoms with van der Waals surface area (Å²) in [5, 5.41) is 1.06. The number of aromatic amines is 1. The van der Waals surface area contributed by atoms with Crippen molar-refractivity contribution in [2.75, 3.05) is 7.11 Å². The maximum Gasteiger partial charge on any atom is 0.138 e. The number of benzene rings is 2. The van der Waals surface area contributed by atoms with Gasteiger partial charge in [-0.2, -0.15) is 0 Å². The Morgan fingerprint density at radius 1 is 1.05 bits per heavy atom. The molecule has 4 heteroatoms. The Hall–Kier alpha value is -2.88. The van der Waals surface area contributed by atoms with Crippen molar-refractivity contribution >= 4 is 21.9 Å². The predicted octanol–water partition coefficient (Wildman–Crippen LogP) is 3.79. The maximum absolute atomic E-state index is 5.27. The molecule has 0 fully saturated rings. The molecule has 0 atom stereocenters. The number of methoxy groups -OCH3 is 1. The highest BCUT2D eigenvalue weighted by atomic mass is 16.5. The lowest BCUT2D eigenvalue weighted by Crippen LogP contribution is -1.84. The largest absolute Gasteiger partial charge is 0.497 e. The molecule has 21 heavy (non-hydrogen) atoms. The molecule has 4 nitrogen and oxygen atoms in total. The van der Waals surface area contributed by atoms with Gasteiger partial charge in [-0.05, 0) is 18.2 Å². The summed E-state index contributed by atoms with van der Waals surface area (Å²) in [6.07, 6.45) is 1.83. The van der Waals surface area contributed by atoms with E-state index in [0.29, 0.717) is 0 Å². The summed E-state index contributed by atoms with van der Waals surface area (Å²) in [7, 11) is 1.66. The summed E-state index contributed by atoms with van der Waals surface area (Å²) in [6.45, 7) is 0. The molecule has 0 bridgehead atoms. The van der Waals surface area contributed by atoms with Crippen LogP contribution in [-0.2, 0) is 0 Å². The molecule has 4 aromatic rings. The zero-order valence-electron chi connectivity index (χ0n) is 11.5. The fourth-order valence-corrected chi connectivity index (χ4v) is 2.51. The van der Waals surface area contributed by atoms with Crippen molar-refractivity contribution in [3.05, 3.63) is 54.7 Å². The number of pyridine rings is 1. The van der Waals surface area contributed by atoms with Crippen LogP contribution in [0.2, 0.25) is 0 Å². The summed E-state index contributed by atoms with van der Waals surface area (Å²) in [4.78, 5) is 12.5. The van der Waals surface area contributed by atoms with Gasteiger partial charge < -0.3 is 9.72 Å². The van der Waals surface area contributed by atoms with E-state index in [9.17, 15) is 0 Å². The topological polar surface area (TPSA) is 50.8 Å². The van der Waals surface area contributed by atoms with Crippen molar-refractivity contribution in [2.45, 2.75) is 0 Å². The van der Waals surface area contributed by atoms with Gasteiger partial charge >= 0.3 is 0 Å². The molecule has 0 radical (unpaired) electrons. The zero-order valence-corrected chi connectivity index (χ0v) is 11.5. The summed E-state index contributed by atoms with van der Waals surface area (Å²) >= 11 is 0. The van der Waals surface area contributed by atoms with Gasteiger partial charge in [-0.15, -0.1) is 0 Å². The minimum absolute atomic E-state index is 0.816. The molecule has 4 rings (SSSR count). The van der Waals surface area contributed by atoms with Crippen LogP contribution in [0.1, 0.15) is 0 Å². The van der Waals surface area contributed by atoms with Gasteiger partial charge in [0, 0.05) is 10.9 Å². The minimum Gasteiger partial charge on any atom is -0.497 e. The van der Waals surface area contributed by atoms with Crippen LogP contribution in [0.25, 0.3) is 33.3 Å². The Morgan fingerprint density at radius 3 is 2.86 bits per heavy atom. The first-order valence-corrected chi connectivity index (χ1v) is 6.73. The quantitative estimate of drug-likeness (QED) is 0.605. The number of nitrogens with one attached hydrogen (secondary N) is 1. The summed E-state index contributed by atoms with van der Waals surface area (Å²) < 4.78 is 5.27. The first-order chi connectivity index (χ1) is 10.3. The molecule has 0 amide bonds. The van der Waals surface area contributed by atoms with Crippen LogP contribution in [0.15, 0.2) is 54.7 Å². The van der Waals surface area contributed by atoms with E-state index in [2.05, 4.69) is 9.97 Å². The number of aromatic nitrogens is 3. The minimum atomic E-state index is 0.816. The second kappa shape index (κ2) is 4.59. The molecular weight excluding hydrogens is 262 g/mol. The molecule has 0 saturated heterocycles. The molecule has 0 aliphatic heterocycles. The van der Waals surface area contributed by atoms with Gasteiger partial charge in [0.15, 0.2) is 0 Å². The number of H-pyrrole nitrogens is 1. The molecule has 0 unspecified atom stereocenters. The lowest BCUT2D eigenvalue weighted by Gasteiger charge is -2.01. The van der Waals surface area contributed by atoms with Crippen molar-refractivity contribution in [1.29, 1.82) is 0 Å². The predicted molar refractivity (Wildman–Crippen MR) is 83.4 cm³/mol. The molecular formula is C17H13N3O. The average Bonchev–Trinajstić information content (AvgIpc) is 2.99. The van der Waals surface area contributed by atoms with Gasteiger partial charge in [0.25, 0.3) is 0 Å². The lowest BCUT2D eigenvalue weighted by atomic mass is 10.2. The Bertz CT molecular complexity index is 943. The Morgan fingerprint density at radius 2 is 1.95 bits per heavy atom. The summed E-state index contributed by atoms with van der Waals surface area (Å²) in [6, 6.07) is 15.9. The normalized spacial score (nSPS) is 11.1. The summed E-state index contributed by atoms with van der Waals surface area (Å²) in [5.41, 5.74) is 3.83. The highest BCUT2D eigenvalue weighted by Gasteiger charge is 2.09. The second-order valence-corrected chi connectivity index (χ2v) is 4.85. The van der Waals surface area contributed by atoms with Crippen LogP contribution < -0.4 is 4.74 Å². The van der Waals surface area contributed by atoms with Crippen LogP contribution in [0.5, 0.6) is 5.75 Å². The monoisotopic (exact) mass is 275 g/mol. The third-order valence-electron chi connectivity index (χ3n) is 3.57. The van der Waals surface area contributed by atoms with Crippen molar-refractivity contribution < 1.29 is 4.74 Å². The van der Waals surface area contributed by atoms with E-state index in [1.165, 1.54) is 0 Å². The van der Waals surface area contributed by atoms with Gasteiger partial charge in [0.2, 0.25) is 0 Å². The fraction of sp³-hybridized carbons (Fsp3) is 0.0588. The summed E-state index contributed by atoms with van der Waals surface area (Å²) in [5.74, 6) is 1.64. The van der Waals surface area contributed by atoms with Crippen molar-refractivity contribution in [2.24, 2.45) is 0 Å². The van der Waals surface area contributed by atoms with E-state index in [-0.39, 0.29) is 0 Å². The number of para-hydroxylation sites is 1. The molecule has 2 heterocycles. The molecule has 1 N–H and O–H groups in total. The number of rotatable bonds is 2. The van der Waals surface area contributed by atoms with Crippen LogP contribution in [0, 0.1) is 0 Å². The van der Waals surface area contributed by atoms with Crippen molar-refractivity contribution in [3.63, 3.8) is 0 Å². The highest BCUT2D eigenvalue weighted by Crippen LogP contribution is 2.27. The lowest BCUT2D eigenvalue weighted by molar-refractivity contribution is 0.415. The first kappa shape index (κ1) is 11.9. The van der Waals surface area contributed by atoms with Crippen LogP contribution in [-0.4, -0.2) is 22.1 Å². The van der Waals surface area contributed by atoms with Crippen molar-refractivity contribution in [1.82, 2.24) is 15.0 Å². The van der Waals surface area contributed by atoms with Crippen LogP contribution in [0.4, 0.5) is 0 Å². The van der Waals surface area contributed by atoms with E-state index < -0.39 is 0 Å². The molecule has 0 aliphatic carbocycles. The Kier molecular flexibility index (Phi) is 2.60. The van der Waals surface area contributed by atoms with Crippen LogP contribution >= 0.6 is 0 Å². The van der Waals surface area contributed by atoms with Gasteiger partial charge in [-0.3, -0.25) is 4.98 Å². The molecule has 0 spiro atoms. The van der Waals surface area contributed by atoms with Gasteiger partial charge in [0.1, 0.15) is 11.6 Å². The van der Waals surface area contributed by atoms with Gasteiger partial charge in [-0.1, -0.05) is 30.3 Å². The number of ether oxygens (including phenoxy) is 1. The van der Waals surface area contributed by atoms with Crippen LogP contribution in [0.3, 0.4) is 0 Å². The third kappa shape index (κ3) is 1.92. The molecule has 2 aromatic carbocycles. The number of nitrogens with zero attached hydrogens (tertiary/aromatic N) is 2. The van der Waals surface area contributed by atoms with Gasteiger partial charge in [0.05, 0.1) is 29.9 Å². The fourth-order valence-electron chi connectivity index (χ4n) is 2.51. The molecule has 0 saturated carbocycles. The first-order valence-electron chi connectivity index (χ1n) is 6.73. The highest BCUT2D eigenvalue weighted by molar-refractivity contribution is 6.02. The smallest absolute Gasteiger partial charge is 0.138 e. The standard InChI is InChI=1S/C17H13N3O/c1-21-12-6-4-5-11(9-12)17-19-15-10-18-14-8-3-2-7-13(14)16(15)20-17/h2-10H,1H3,(H,19,20). The van der Waals surface area contributed by atoms with E-state index >= 15 is 0 Å². The molecule has 2 aromatic heterocycles.